The molecule has 86 valence electrons. The summed E-state index contributed by atoms with van der Waals surface area (Å²) in [4.78, 5) is -0.228. The van der Waals surface area contributed by atoms with Crippen LogP contribution in [0.25, 0.3) is 5.69 Å². The van der Waals surface area contributed by atoms with Crippen molar-refractivity contribution in [2.75, 3.05) is 0 Å². The summed E-state index contributed by atoms with van der Waals surface area (Å²) in [5, 5.41) is 10.7. The van der Waals surface area contributed by atoms with Gasteiger partial charge >= 0.3 is 29.6 Å². The van der Waals surface area contributed by atoms with E-state index in [9.17, 15) is 8.42 Å². The summed E-state index contributed by atoms with van der Waals surface area (Å²) in [5.74, 6) is 0. The molecule has 1 aromatic heterocycles. The number of thiol groups is 1. The molecule has 0 spiro atoms. The van der Waals surface area contributed by atoms with Gasteiger partial charge in [0.2, 0.25) is 5.16 Å². The summed E-state index contributed by atoms with van der Waals surface area (Å²) in [7, 11) is -4.24. The molecule has 7 nitrogen and oxygen atoms in total. The van der Waals surface area contributed by atoms with Crippen LogP contribution in [0.4, 0.5) is 0 Å². The van der Waals surface area contributed by atoms with Gasteiger partial charge in [-0.1, -0.05) is 6.07 Å². The molecule has 1 N–H and O–H groups in total. The summed E-state index contributed by atoms with van der Waals surface area (Å²) in [6, 6.07) is 5.56. The molecule has 0 radical (unpaired) electrons. The van der Waals surface area contributed by atoms with Crippen LogP contribution in [0.1, 0.15) is 0 Å². The van der Waals surface area contributed by atoms with Gasteiger partial charge in [0, 0.05) is 0 Å². The van der Waals surface area contributed by atoms with Gasteiger partial charge in [-0.25, -0.2) is 0 Å². The molecule has 0 saturated carbocycles. The number of tetrazole rings is 1. The molecule has 0 aliphatic carbocycles. The fraction of sp³-hybridized carbons (Fsp3) is 0. The van der Waals surface area contributed by atoms with E-state index < -0.39 is 10.1 Å². The summed E-state index contributed by atoms with van der Waals surface area (Å²) in [6.07, 6.45) is 0. The van der Waals surface area contributed by atoms with Crippen LogP contribution in [0.3, 0.4) is 0 Å². The number of benzene rings is 1. The summed E-state index contributed by atoms with van der Waals surface area (Å²) < 4.78 is 31.9. The average Bonchev–Trinajstić information content (AvgIpc) is 2.63. The van der Waals surface area contributed by atoms with Crippen molar-refractivity contribution in [2.45, 2.75) is 10.1 Å². The molecule has 0 amide bonds. The predicted octanol–water partition coefficient (Wildman–Crippen LogP) is -0.451. The second-order valence-corrected chi connectivity index (χ2v) is 4.68. The van der Waals surface area contributed by atoms with Crippen molar-refractivity contribution in [2.24, 2.45) is 0 Å². The van der Waals surface area contributed by atoms with Crippen LogP contribution in [-0.2, 0) is 10.1 Å². The van der Waals surface area contributed by atoms with E-state index in [1.54, 1.807) is 6.07 Å². The summed E-state index contributed by atoms with van der Waals surface area (Å²) in [5.41, 5.74) is 0.394. The van der Waals surface area contributed by atoms with E-state index in [1.807, 2.05) is 0 Å². The Morgan fingerprint density at radius 1 is 1.35 bits per heavy atom. The van der Waals surface area contributed by atoms with E-state index in [4.69, 9.17) is 4.55 Å². The standard InChI is InChI=1S/C7H6N4O3S2.Na.H/c12-16(13,14)6-3-1-2-5(4-6)11-7(15)8-9-10-11;;/h1-4H,(H,8,10,15)(H,12,13,14);;. The SMILES string of the molecule is O=S(=O)(O)c1cccc(-n2nnnc2S)c1.[NaH]. The van der Waals surface area contributed by atoms with Crippen LogP contribution in [0.15, 0.2) is 34.3 Å². The Morgan fingerprint density at radius 3 is 2.59 bits per heavy atom. The molecule has 0 aliphatic rings. The molecule has 1 aromatic carbocycles. The molecular weight excluding hydrogens is 275 g/mol. The quantitative estimate of drug-likeness (QED) is 0.440. The Labute approximate surface area is 125 Å². The van der Waals surface area contributed by atoms with Crippen molar-refractivity contribution in [3.63, 3.8) is 0 Å². The van der Waals surface area contributed by atoms with E-state index >= 15 is 0 Å². The molecular formula is C7H7N4NaO3S2. The zero-order chi connectivity index (χ0) is 11.8. The van der Waals surface area contributed by atoms with Gasteiger partial charge < -0.3 is 0 Å². The zero-order valence-corrected chi connectivity index (χ0v) is 9.43. The second-order valence-electron chi connectivity index (χ2n) is 2.86. The van der Waals surface area contributed by atoms with Crippen molar-refractivity contribution in [3.05, 3.63) is 24.3 Å². The monoisotopic (exact) mass is 282 g/mol. The first kappa shape index (κ1) is 14.6. The molecule has 0 atom stereocenters. The van der Waals surface area contributed by atoms with Gasteiger partial charge in [0.15, 0.2) is 0 Å². The van der Waals surface area contributed by atoms with Crippen LogP contribution in [-0.4, -0.2) is 62.7 Å². The number of aromatic nitrogens is 4. The molecule has 17 heavy (non-hydrogen) atoms. The Balaban J connectivity index is 0.00000144. The minimum absolute atomic E-state index is 0. The Morgan fingerprint density at radius 2 is 2.06 bits per heavy atom. The molecule has 0 saturated heterocycles. The summed E-state index contributed by atoms with van der Waals surface area (Å²) in [6.45, 7) is 0. The van der Waals surface area contributed by atoms with Crippen LogP contribution < -0.4 is 0 Å². The normalized spacial score (nSPS) is 10.9. The topological polar surface area (TPSA) is 98.0 Å². The van der Waals surface area contributed by atoms with Gasteiger partial charge in [-0.05, 0) is 28.6 Å². The average molecular weight is 282 g/mol. The minimum atomic E-state index is -4.24. The maximum atomic E-state index is 10.9. The number of nitrogens with zero attached hydrogens (tertiary/aromatic N) is 4. The Bertz CT molecular complexity index is 628. The molecule has 0 bridgehead atoms. The first-order valence-electron chi connectivity index (χ1n) is 4.04. The van der Waals surface area contributed by atoms with Crippen molar-refractivity contribution in [1.82, 2.24) is 20.2 Å². The first-order valence-corrected chi connectivity index (χ1v) is 5.92. The van der Waals surface area contributed by atoms with Gasteiger partial charge in [-0.3, -0.25) is 4.55 Å². The van der Waals surface area contributed by atoms with Crippen LogP contribution in [0.2, 0.25) is 0 Å². The second kappa shape index (κ2) is 5.46. The maximum absolute atomic E-state index is 10.9. The fourth-order valence-corrected chi connectivity index (χ4v) is 1.84. The Kier molecular flexibility index (Phi) is 4.69. The molecule has 10 heteroatoms. The third-order valence-electron chi connectivity index (χ3n) is 1.81. The van der Waals surface area contributed by atoms with Crippen LogP contribution in [0.5, 0.6) is 0 Å². The van der Waals surface area contributed by atoms with Crippen molar-refractivity contribution >= 4 is 52.3 Å². The zero-order valence-electron chi connectivity index (χ0n) is 7.72. The third kappa shape index (κ3) is 3.27. The van der Waals surface area contributed by atoms with Crippen molar-refractivity contribution < 1.29 is 13.0 Å². The first-order chi connectivity index (χ1) is 7.48. The Hall–Kier alpha value is -0.450. The van der Waals surface area contributed by atoms with Gasteiger partial charge in [0.25, 0.3) is 10.1 Å². The molecule has 2 rings (SSSR count). The molecule has 1 heterocycles. The third-order valence-corrected chi connectivity index (χ3v) is 2.94. The van der Waals surface area contributed by atoms with Crippen molar-refractivity contribution in [3.8, 4) is 5.69 Å². The van der Waals surface area contributed by atoms with E-state index in [2.05, 4.69) is 28.2 Å². The molecule has 2 aromatic rings. The van der Waals surface area contributed by atoms with E-state index in [1.165, 1.54) is 22.9 Å². The van der Waals surface area contributed by atoms with E-state index in [0.717, 1.165) is 0 Å². The predicted molar refractivity (Wildman–Crippen MR) is 63.4 cm³/mol. The molecule has 0 unspecified atom stereocenters. The van der Waals surface area contributed by atoms with Gasteiger partial charge in [-0.15, -0.1) is 17.7 Å². The summed E-state index contributed by atoms with van der Waals surface area (Å²) >= 11 is 3.98. The van der Waals surface area contributed by atoms with Gasteiger partial charge in [0.05, 0.1) is 10.6 Å². The van der Waals surface area contributed by atoms with Gasteiger partial charge in [-0.2, -0.15) is 13.1 Å². The molecule has 0 aliphatic heterocycles. The van der Waals surface area contributed by atoms with Crippen LogP contribution in [0, 0.1) is 0 Å². The van der Waals surface area contributed by atoms with E-state index in [-0.39, 0.29) is 39.6 Å². The number of hydrogen-bond acceptors (Lipinski definition) is 6. The van der Waals surface area contributed by atoms with Crippen LogP contribution >= 0.6 is 12.6 Å². The molecule has 0 fully saturated rings. The number of rotatable bonds is 2. The van der Waals surface area contributed by atoms with E-state index in [0.29, 0.717) is 5.69 Å². The fourth-order valence-electron chi connectivity index (χ4n) is 1.13. The van der Waals surface area contributed by atoms with Crippen molar-refractivity contribution in [1.29, 1.82) is 0 Å². The number of hydrogen-bond donors (Lipinski definition) is 2. The van der Waals surface area contributed by atoms with Gasteiger partial charge in [0.1, 0.15) is 0 Å².